The summed E-state index contributed by atoms with van der Waals surface area (Å²) in [4.78, 5) is 37.4. The van der Waals surface area contributed by atoms with Crippen molar-refractivity contribution in [1.82, 2.24) is 10.2 Å². The summed E-state index contributed by atoms with van der Waals surface area (Å²) in [6.07, 6.45) is -0.419. The number of aryl methyl sites for hydroxylation is 1. The molecule has 1 saturated heterocycles. The van der Waals surface area contributed by atoms with Crippen LogP contribution >= 0.6 is 0 Å². The van der Waals surface area contributed by atoms with Crippen LogP contribution in [0.15, 0.2) is 27.4 Å². The van der Waals surface area contributed by atoms with Gasteiger partial charge in [0.2, 0.25) is 5.91 Å². The van der Waals surface area contributed by atoms with Gasteiger partial charge in [0.05, 0.1) is 0 Å². The predicted octanol–water partition coefficient (Wildman–Crippen LogP) is 1.53. The minimum absolute atomic E-state index is 0.0518. The number of carbonyl (C=O) groups is 2. The summed E-state index contributed by atoms with van der Waals surface area (Å²) in [5, 5.41) is 3.58. The van der Waals surface area contributed by atoms with Gasteiger partial charge in [0, 0.05) is 43.1 Å². The molecule has 2 heterocycles. The first-order chi connectivity index (χ1) is 12.4. The molecule has 0 aliphatic carbocycles. The normalized spacial score (nSPS) is 16.1. The predicted molar refractivity (Wildman–Crippen MR) is 96.3 cm³/mol. The molecule has 1 aromatic carbocycles. The molecule has 7 heteroatoms. The first-order valence-electron chi connectivity index (χ1n) is 8.63. The zero-order chi connectivity index (χ0) is 18.8. The summed E-state index contributed by atoms with van der Waals surface area (Å²) in [7, 11) is 0. The van der Waals surface area contributed by atoms with Crippen molar-refractivity contribution in [2.24, 2.45) is 0 Å². The lowest BCUT2D eigenvalue weighted by Crippen LogP contribution is -2.42. The maximum Gasteiger partial charge on any atom is 0.339 e. The number of carbonyl (C=O) groups excluding carboxylic acids is 2. The lowest BCUT2D eigenvalue weighted by molar-refractivity contribution is -0.137. The lowest BCUT2D eigenvalue weighted by Gasteiger charge is -2.24. The molecule has 0 saturated carbocycles. The summed E-state index contributed by atoms with van der Waals surface area (Å²) in [5.74, 6) is 0.223. The number of rotatable bonds is 3. The van der Waals surface area contributed by atoms with E-state index in [-0.39, 0.29) is 23.9 Å². The number of fused-ring (bicyclic) bond motifs is 1. The van der Waals surface area contributed by atoms with Crippen molar-refractivity contribution < 1.29 is 18.7 Å². The minimum atomic E-state index is -0.709. The zero-order valence-electron chi connectivity index (χ0n) is 15.1. The fraction of sp³-hybridized carbons (Fsp3) is 0.421. The van der Waals surface area contributed by atoms with Crippen molar-refractivity contribution >= 4 is 22.8 Å². The van der Waals surface area contributed by atoms with Gasteiger partial charge in [-0.25, -0.2) is 4.79 Å². The molecule has 0 bridgehead atoms. The lowest BCUT2D eigenvalue weighted by atomic mass is 10.1. The van der Waals surface area contributed by atoms with Crippen LogP contribution in [0.25, 0.3) is 11.0 Å². The number of hydrogen-bond acceptors (Lipinski definition) is 5. The quantitative estimate of drug-likeness (QED) is 0.841. The van der Waals surface area contributed by atoms with Crippen molar-refractivity contribution in [1.29, 1.82) is 0 Å². The molecule has 1 N–H and O–H groups in total. The number of nitrogens with zero attached hydrogens (tertiary/aromatic N) is 1. The van der Waals surface area contributed by atoms with Crippen LogP contribution in [0.3, 0.4) is 0 Å². The number of benzene rings is 1. The average molecular weight is 358 g/mol. The fourth-order valence-corrected chi connectivity index (χ4v) is 3.00. The van der Waals surface area contributed by atoms with Gasteiger partial charge in [0.25, 0.3) is 5.91 Å². The zero-order valence-corrected chi connectivity index (χ0v) is 15.1. The molecular formula is C19H22N2O5. The van der Waals surface area contributed by atoms with Gasteiger partial charge >= 0.3 is 5.63 Å². The molecule has 1 unspecified atom stereocenters. The van der Waals surface area contributed by atoms with E-state index in [4.69, 9.17) is 9.15 Å². The third-order valence-electron chi connectivity index (χ3n) is 4.71. The van der Waals surface area contributed by atoms with Crippen molar-refractivity contribution in [3.63, 3.8) is 0 Å². The molecule has 7 nitrogen and oxygen atoms in total. The fourth-order valence-electron chi connectivity index (χ4n) is 3.00. The van der Waals surface area contributed by atoms with Gasteiger partial charge in [-0.15, -0.1) is 0 Å². The monoisotopic (exact) mass is 358 g/mol. The van der Waals surface area contributed by atoms with Gasteiger partial charge in [-0.1, -0.05) is 0 Å². The van der Waals surface area contributed by atoms with E-state index in [1.54, 1.807) is 30.9 Å². The topological polar surface area (TPSA) is 88.8 Å². The van der Waals surface area contributed by atoms with Crippen LogP contribution in [0.2, 0.25) is 0 Å². The second kappa shape index (κ2) is 7.19. The van der Waals surface area contributed by atoms with Crippen LogP contribution in [0, 0.1) is 13.8 Å². The Hall–Kier alpha value is -2.83. The molecule has 1 aliphatic rings. The number of nitrogens with one attached hydrogen (secondary N) is 1. The minimum Gasteiger partial charge on any atom is -0.481 e. The van der Waals surface area contributed by atoms with Crippen molar-refractivity contribution in [2.75, 3.05) is 19.6 Å². The van der Waals surface area contributed by atoms with Crippen LogP contribution < -0.4 is 15.7 Å². The highest BCUT2D eigenvalue weighted by Gasteiger charge is 2.24. The molecule has 0 radical (unpaired) electrons. The highest BCUT2D eigenvalue weighted by atomic mass is 16.5. The summed E-state index contributed by atoms with van der Waals surface area (Å²) in [5.41, 5.74) is 1.51. The standard InChI is InChI=1S/C19H22N2O5/c1-11-12(2)19(24)26-16-10-14(4-5-15(11)16)25-13(3)18(23)21-8-6-17(22)20-7-9-21/h4-5,10,13H,6-9H2,1-3H3,(H,20,22). The third-order valence-corrected chi connectivity index (χ3v) is 4.71. The summed E-state index contributed by atoms with van der Waals surface area (Å²) < 4.78 is 11.1. The Labute approximate surface area is 150 Å². The Bertz CT molecular complexity index is 918. The molecule has 3 rings (SSSR count). The Morgan fingerprint density at radius 3 is 2.77 bits per heavy atom. The maximum absolute atomic E-state index is 12.6. The SMILES string of the molecule is Cc1c(C)c2ccc(OC(C)C(=O)N3CCNC(=O)CC3)cc2oc1=O. The Morgan fingerprint density at radius 1 is 1.23 bits per heavy atom. The molecule has 2 amide bonds. The summed E-state index contributed by atoms with van der Waals surface area (Å²) in [6, 6.07) is 5.20. The van der Waals surface area contributed by atoms with E-state index in [2.05, 4.69) is 5.32 Å². The Morgan fingerprint density at radius 2 is 2.00 bits per heavy atom. The van der Waals surface area contributed by atoms with Crippen LogP contribution in [-0.2, 0) is 9.59 Å². The van der Waals surface area contributed by atoms with E-state index in [1.165, 1.54) is 0 Å². The summed E-state index contributed by atoms with van der Waals surface area (Å²) in [6.45, 7) is 6.55. The van der Waals surface area contributed by atoms with Gasteiger partial charge in [0.1, 0.15) is 11.3 Å². The molecule has 138 valence electrons. The van der Waals surface area contributed by atoms with Crippen LogP contribution in [0.1, 0.15) is 24.5 Å². The average Bonchev–Trinajstić information content (AvgIpc) is 2.83. The number of amides is 2. The molecule has 1 aromatic heterocycles. The molecule has 0 spiro atoms. The van der Waals surface area contributed by atoms with Gasteiger partial charge < -0.3 is 19.4 Å². The van der Waals surface area contributed by atoms with Crippen molar-refractivity contribution in [2.45, 2.75) is 33.3 Å². The second-order valence-electron chi connectivity index (χ2n) is 6.48. The molecule has 1 atom stereocenters. The smallest absolute Gasteiger partial charge is 0.339 e. The highest BCUT2D eigenvalue weighted by molar-refractivity contribution is 5.84. The highest BCUT2D eigenvalue weighted by Crippen LogP contribution is 2.24. The van der Waals surface area contributed by atoms with E-state index in [1.807, 2.05) is 13.0 Å². The van der Waals surface area contributed by atoms with Crippen LogP contribution in [-0.4, -0.2) is 42.5 Å². The second-order valence-corrected chi connectivity index (χ2v) is 6.48. The van der Waals surface area contributed by atoms with Gasteiger partial charge in [-0.3, -0.25) is 9.59 Å². The molecule has 1 fully saturated rings. The number of hydrogen-bond donors (Lipinski definition) is 1. The van der Waals surface area contributed by atoms with Crippen molar-refractivity contribution in [3.8, 4) is 5.75 Å². The van der Waals surface area contributed by atoms with Gasteiger partial charge in [-0.05, 0) is 38.5 Å². The van der Waals surface area contributed by atoms with Crippen LogP contribution in [0.5, 0.6) is 5.75 Å². The van der Waals surface area contributed by atoms with Crippen molar-refractivity contribution in [3.05, 3.63) is 39.7 Å². The Balaban J connectivity index is 1.77. The molecule has 26 heavy (non-hydrogen) atoms. The van der Waals surface area contributed by atoms with E-state index in [0.717, 1.165) is 10.9 Å². The maximum atomic E-state index is 12.6. The third kappa shape index (κ3) is 3.56. The Kier molecular flexibility index (Phi) is 4.97. The van der Waals surface area contributed by atoms with Crippen LogP contribution in [0.4, 0.5) is 0 Å². The molecule has 1 aliphatic heterocycles. The molecule has 2 aromatic rings. The van der Waals surface area contributed by atoms with Gasteiger partial charge in [-0.2, -0.15) is 0 Å². The van der Waals surface area contributed by atoms with E-state index >= 15 is 0 Å². The number of ether oxygens (including phenoxy) is 1. The van der Waals surface area contributed by atoms with E-state index < -0.39 is 6.10 Å². The summed E-state index contributed by atoms with van der Waals surface area (Å²) >= 11 is 0. The molecular weight excluding hydrogens is 336 g/mol. The van der Waals surface area contributed by atoms with E-state index in [0.29, 0.717) is 36.5 Å². The van der Waals surface area contributed by atoms with E-state index in [9.17, 15) is 14.4 Å². The van der Waals surface area contributed by atoms with Gasteiger partial charge in [0.15, 0.2) is 6.10 Å². The first-order valence-corrected chi connectivity index (χ1v) is 8.63. The largest absolute Gasteiger partial charge is 0.481 e. The first kappa shape index (κ1) is 18.0.